The molecule has 0 aromatic rings. The summed E-state index contributed by atoms with van der Waals surface area (Å²) in [6, 6.07) is 0.397. The zero-order valence-electron chi connectivity index (χ0n) is 14.8. The highest BCUT2D eigenvalue weighted by Crippen LogP contribution is 2.10. The zero-order valence-corrected chi connectivity index (χ0v) is 14.8. The van der Waals surface area contributed by atoms with E-state index in [-0.39, 0.29) is 0 Å². The van der Waals surface area contributed by atoms with Crippen LogP contribution in [0.3, 0.4) is 0 Å². The summed E-state index contributed by atoms with van der Waals surface area (Å²) in [6.07, 6.45) is 4.84. The molecular weight excluding hydrogens is 276 g/mol. The van der Waals surface area contributed by atoms with E-state index < -0.39 is 0 Å². The van der Waals surface area contributed by atoms with Crippen molar-refractivity contribution in [1.82, 2.24) is 15.5 Å². The van der Waals surface area contributed by atoms with Crippen LogP contribution in [0, 0.1) is 5.92 Å². The summed E-state index contributed by atoms with van der Waals surface area (Å²) in [5.74, 6) is 1.36. The summed E-state index contributed by atoms with van der Waals surface area (Å²) in [5.41, 5.74) is 0. The topological polar surface area (TPSA) is 48.9 Å². The van der Waals surface area contributed by atoms with Crippen LogP contribution in [0.15, 0.2) is 30.3 Å². The number of rotatable bonds is 12. The highest BCUT2D eigenvalue weighted by Gasteiger charge is 2.20. The van der Waals surface area contributed by atoms with Crippen molar-refractivity contribution in [3.8, 4) is 0 Å². The lowest BCUT2D eigenvalue weighted by atomic mass is 10.0. The second-order valence-electron chi connectivity index (χ2n) is 5.57. The number of nitrogens with one attached hydrogen (secondary N) is 2. The average Bonchev–Trinajstić information content (AvgIpc) is 2.49. The first-order valence-electron chi connectivity index (χ1n) is 7.99. The van der Waals surface area contributed by atoms with Gasteiger partial charge in [0, 0.05) is 53.0 Å². The van der Waals surface area contributed by atoms with Gasteiger partial charge in [0.25, 0.3) is 0 Å². The molecule has 0 heterocycles. The molecule has 0 aromatic carbocycles. The lowest BCUT2D eigenvalue weighted by Crippen LogP contribution is -2.49. The second kappa shape index (κ2) is 13.3. The number of aliphatic imine (C=N–C) groups is 1. The van der Waals surface area contributed by atoms with E-state index >= 15 is 0 Å². The fraction of sp³-hybridized carbons (Fsp3) is 0.706. The number of ether oxygens (including phenoxy) is 1. The fourth-order valence-electron chi connectivity index (χ4n) is 2.31. The summed E-state index contributed by atoms with van der Waals surface area (Å²) < 4.78 is 5.05. The molecule has 22 heavy (non-hydrogen) atoms. The van der Waals surface area contributed by atoms with Gasteiger partial charge in [-0.05, 0) is 12.3 Å². The molecule has 0 aliphatic carbocycles. The SMILES string of the molecule is C=CCN(CC=C)C(CNC(=NC)NCCCOC)C(C)C. The lowest BCUT2D eigenvalue weighted by molar-refractivity contribution is 0.189. The van der Waals surface area contributed by atoms with Crippen LogP contribution in [0.1, 0.15) is 20.3 Å². The summed E-state index contributed by atoms with van der Waals surface area (Å²) in [5, 5.41) is 6.71. The number of methoxy groups -OCH3 is 1. The number of hydrogen-bond acceptors (Lipinski definition) is 3. The maximum absolute atomic E-state index is 5.05. The molecule has 1 atom stereocenters. The minimum absolute atomic E-state index is 0.397. The van der Waals surface area contributed by atoms with Crippen molar-refractivity contribution in [2.75, 3.05) is 46.9 Å². The zero-order chi connectivity index (χ0) is 16.8. The van der Waals surface area contributed by atoms with E-state index in [1.54, 1.807) is 14.2 Å². The van der Waals surface area contributed by atoms with Crippen molar-refractivity contribution in [3.05, 3.63) is 25.3 Å². The monoisotopic (exact) mass is 310 g/mol. The molecule has 2 N–H and O–H groups in total. The standard InChI is InChI=1S/C17H34N4O/c1-7-11-21(12-8-2)16(15(3)4)14-20-17(18-5)19-10-9-13-22-6/h7-8,15-16H,1-2,9-14H2,3-6H3,(H2,18,19,20). The summed E-state index contributed by atoms with van der Waals surface area (Å²) in [6.45, 7) is 16.3. The Kier molecular flexibility index (Phi) is 12.5. The van der Waals surface area contributed by atoms with Gasteiger partial charge in [-0.25, -0.2) is 0 Å². The van der Waals surface area contributed by atoms with Gasteiger partial charge in [0.2, 0.25) is 0 Å². The van der Waals surface area contributed by atoms with Crippen LogP contribution in [0.25, 0.3) is 0 Å². The molecule has 0 fully saturated rings. The third-order valence-electron chi connectivity index (χ3n) is 3.49. The van der Waals surface area contributed by atoms with Crippen LogP contribution in [0.2, 0.25) is 0 Å². The fourth-order valence-corrected chi connectivity index (χ4v) is 2.31. The molecule has 0 aromatic heterocycles. The van der Waals surface area contributed by atoms with Crippen molar-refractivity contribution in [1.29, 1.82) is 0 Å². The molecule has 0 rings (SSSR count). The van der Waals surface area contributed by atoms with Gasteiger partial charge in [0.05, 0.1) is 0 Å². The van der Waals surface area contributed by atoms with E-state index in [2.05, 4.69) is 47.5 Å². The third kappa shape index (κ3) is 8.85. The Bertz CT molecular complexity index is 319. The Labute approximate surface area is 136 Å². The molecule has 0 bridgehead atoms. The van der Waals surface area contributed by atoms with Crippen LogP contribution < -0.4 is 10.6 Å². The van der Waals surface area contributed by atoms with Crippen molar-refractivity contribution >= 4 is 5.96 Å². The van der Waals surface area contributed by atoms with Gasteiger partial charge in [0.1, 0.15) is 0 Å². The molecule has 1 unspecified atom stereocenters. The smallest absolute Gasteiger partial charge is 0.191 e. The Hall–Kier alpha value is -1.33. The highest BCUT2D eigenvalue weighted by molar-refractivity contribution is 5.79. The molecule has 0 radical (unpaired) electrons. The Morgan fingerprint density at radius 1 is 1.23 bits per heavy atom. The van der Waals surface area contributed by atoms with E-state index in [0.717, 1.165) is 45.2 Å². The van der Waals surface area contributed by atoms with E-state index in [1.165, 1.54) is 0 Å². The minimum Gasteiger partial charge on any atom is -0.385 e. The molecule has 0 aliphatic rings. The Balaban J connectivity index is 4.47. The maximum atomic E-state index is 5.05. The van der Waals surface area contributed by atoms with E-state index in [4.69, 9.17) is 4.74 Å². The predicted molar refractivity (Wildman–Crippen MR) is 96.5 cm³/mol. The van der Waals surface area contributed by atoms with Crippen molar-refractivity contribution < 1.29 is 4.74 Å². The lowest BCUT2D eigenvalue weighted by Gasteiger charge is -2.33. The summed E-state index contributed by atoms with van der Waals surface area (Å²) >= 11 is 0. The van der Waals surface area contributed by atoms with Crippen molar-refractivity contribution in [2.45, 2.75) is 26.3 Å². The quantitative estimate of drug-likeness (QED) is 0.250. The average molecular weight is 310 g/mol. The van der Waals surface area contributed by atoms with Gasteiger partial charge < -0.3 is 15.4 Å². The second-order valence-corrected chi connectivity index (χ2v) is 5.57. The molecule has 5 heteroatoms. The minimum atomic E-state index is 0.397. The van der Waals surface area contributed by atoms with Crippen LogP contribution >= 0.6 is 0 Å². The first-order chi connectivity index (χ1) is 10.6. The largest absolute Gasteiger partial charge is 0.385 e. The van der Waals surface area contributed by atoms with E-state index in [9.17, 15) is 0 Å². The van der Waals surface area contributed by atoms with E-state index in [0.29, 0.717) is 12.0 Å². The highest BCUT2D eigenvalue weighted by atomic mass is 16.5. The van der Waals surface area contributed by atoms with Gasteiger partial charge >= 0.3 is 0 Å². The van der Waals surface area contributed by atoms with Gasteiger partial charge in [-0.3, -0.25) is 9.89 Å². The number of guanidine groups is 1. The molecule has 0 saturated carbocycles. The molecular formula is C17H34N4O. The van der Waals surface area contributed by atoms with Gasteiger partial charge in [-0.15, -0.1) is 13.2 Å². The van der Waals surface area contributed by atoms with Crippen LogP contribution in [0.5, 0.6) is 0 Å². The van der Waals surface area contributed by atoms with Crippen LogP contribution in [-0.4, -0.2) is 63.8 Å². The maximum Gasteiger partial charge on any atom is 0.191 e. The first-order valence-corrected chi connectivity index (χ1v) is 7.99. The molecule has 0 spiro atoms. The van der Waals surface area contributed by atoms with Crippen molar-refractivity contribution in [2.24, 2.45) is 10.9 Å². The van der Waals surface area contributed by atoms with Crippen molar-refractivity contribution in [3.63, 3.8) is 0 Å². The predicted octanol–water partition coefficient (Wildman–Crippen LogP) is 1.89. The summed E-state index contributed by atoms with van der Waals surface area (Å²) in [4.78, 5) is 6.63. The van der Waals surface area contributed by atoms with Crippen LogP contribution in [-0.2, 0) is 4.74 Å². The third-order valence-corrected chi connectivity index (χ3v) is 3.49. The Morgan fingerprint density at radius 2 is 1.86 bits per heavy atom. The normalized spacial score (nSPS) is 13.3. The van der Waals surface area contributed by atoms with Crippen LogP contribution in [0.4, 0.5) is 0 Å². The summed E-state index contributed by atoms with van der Waals surface area (Å²) in [7, 11) is 3.51. The number of nitrogens with zero attached hydrogens (tertiary/aromatic N) is 2. The molecule has 0 amide bonds. The molecule has 0 saturated heterocycles. The van der Waals surface area contributed by atoms with Gasteiger partial charge in [-0.2, -0.15) is 0 Å². The molecule has 0 aliphatic heterocycles. The molecule has 128 valence electrons. The molecule has 5 nitrogen and oxygen atoms in total. The first kappa shape index (κ1) is 20.7. The van der Waals surface area contributed by atoms with Gasteiger partial charge in [-0.1, -0.05) is 26.0 Å². The Morgan fingerprint density at radius 3 is 2.32 bits per heavy atom. The van der Waals surface area contributed by atoms with Gasteiger partial charge in [0.15, 0.2) is 5.96 Å². The number of hydrogen-bond donors (Lipinski definition) is 2. The van der Waals surface area contributed by atoms with E-state index in [1.807, 2.05) is 12.2 Å².